The van der Waals surface area contributed by atoms with Gasteiger partial charge in [0.05, 0.1) is 13.7 Å². The maximum Gasteiger partial charge on any atom is 0.194 e. The first-order valence-electron chi connectivity index (χ1n) is 6.26. The van der Waals surface area contributed by atoms with E-state index in [-0.39, 0.29) is 5.78 Å². The first-order chi connectivity index (χ1) is 9.65. The highest BCUT2D eigenvalue weighted by atomic mass is 79.9. The molecule has 0 aliphatic heterocycles. The highest BCUT2D eigenvalue weighted by Crippen LogP contribution is 2.25. The molecule has 0 bridgehead atoms. The number of halogens is 1. The number of benzene rings is 2. The zero-order valence-electron chi connectivity index (χ0n) is 11.4. The average molecular weight is 335 g/mol. The van der Waals surface area contributed by atoms with Crippen LogP contribution < -0.4 is 9.47 Å². The predicted octanol–water partition coefficient (Wildman–Crippen LogP) is 4.09. The SMILES string of the molecule is CCOc1ccc(C(=O)c2ccc(OC)cc2Br)cc1. The highest BCUT2D eigenvalue weighted by molar-refractivity contribution is 9.10. The Morgan fingerprint density at radius 1 is 1.10 bits per heavy atom. The van der Waals surface area contributed by atoms with Gasteiger partial charge in [-0.1, -0.05) is 0 Å². The zero-order chi connectivity index (χ0) is 14.5. The third kappa shape index (κ3) is 3.20. The maximum atomic E-state index is 12.4. The van der Waals surface area contributed by atoms with E-state index < -0.39 is 0 Å². The van der Waals surface area contributed by atoms with Crippen molar-refractivity contribution >= 4 is 21.7 Å². The fourth-order valence-electron chi connectivity index (χ4n) is 1.83. The van der Waals surface area contributed by atoms with Gasteiger partial charge in [0.2, 0.25) is 0 Å². The molecular weight excluding hydrogens is 320 g/mol. The van der Waals surface area contributed by atoms with Crippen LogP contribution in [0.4, 0.5) is 0 Å². The van der Waals surface area contributed by atoms with Crippen LogP contribution in [0.1, 0.15) is 22.8 Å². The molecule has 0 N–H and O–H groups in total. The van der Waals surface area contributed by atoms with E-state index in [1.54, 1.807) is 49.6 Å². The molecule has 0 saturated carbocycles. The second kappa shape index (κ2) is 6.57. The van der Waals surface area contributed by atoms with Crippen molar-refractivity contribution in [2.75, 3.05) is 13.7 Å². The Morgan fingerprint density at radius 2 is 1.75 bits per heavy atom. The quantitative estimate of drug-likeness (QED) is 0.772. The Bertz CT molecular complexity index is 606. The molecule has 0 unspecified atom stereocenters. The molecule has 3 nitrogen and oxygen atoms in total. The molecule has 0 aliphatic rings. The molecule has 0 aliphatic carbocycles. The minimum absolute atomic E-state index is 0.0393. The van der Waals surface area contributed by atoms with E-state index in [2.05, 4.69) is 15.9 Å². The monoisotopic (exact) mass is 334 g/mol. The van der Waals surface area contributed by atoms with Crippen molar-refractivity contribution in [3.05, 3.63) is 58.1 Å². The topological polar surface area (TPSA) is 35.5 Å². The van der Waals surface area contributed by atoms with Crippen LogP contribution in [-0.2, 0) is 0 Å². The summed E-state index contributed by atoms with van der Waals surface area (Å²) in [5.41, 5.74) is 1.23. The van der Waals surface area contributed by atoms with Crippen molar-refractivity contribution in [1.82, 2.24) is 0 Å². The molecule has 104 valence electrons. The van der Waals surface area contributed by atoms with Gasteiger partial charge in [0.15, 0.2) is 5.78 Å². The second-order valence-corrected chi connectivity index (χ2v) is 4.99. The Balaban J connectivity index is 2.26. The molecule has 0 spiro atoms. The average Bonchev–Trinajstić information content (AvgIpc) is 2.47. The molecule has 0 atom stereocenters. The summed E-state index contributed by atoms with van der Waals surface area (Å²) in [5.74, 6) is 1.43. The lowest BCUT2D eigenvalue weighted by Crippen LogP contribution is -2.02. The van der Waals surface area contributed by atoms with Gasteiger partial charge in [0.25, 0.3) is 0 Å². The van der Waals surface area contributed by atoms with Crippen LogP contribution in [-0.4, -0.2) is 19.5 Å². The molecule has 0 radical (unpaired) electrons. The van der Waals surface area contributed by atoms with E-state index in [0.29, 0.717) is 23.5 Å². The van der Waals surface area contributed by atoms with E-state index in [0.717, 1.165) is 10.2 Å². The van der Waals surface area contributed by atoms with Crippen LogP contribution >= 0.6 is 15.9 Å². The largest absolute Gasteiger partial charge is 0.497 e. The van der Waals surface area contributed by atoms with Crippen LogP contribution in [0.2, 0.25) is 0 Å². The van der Waals surface area contributed by atoms with E-state index in [4.69, 9.17) is 9.47 Å². The lowest BCUT2D eigenvalue weighted by atomic mass is 10.0. The third-order valence-electron chi connectivity index (χ3n) is 2.85. The maximum absolute atomic E-state index is 12.4. The Kier molecular flexibility index (Phi) is 4.79. The Labute approximate surface area is 126 Å². The Morgan fingerprint density at radius 3 is 2.30 bits per heavy atom. The Hall–Kier alpha value is -1.81. The summed E-state index contributed by atoms with van der Waals surface area (Å²) in [6, 6.07) is 12.4. The van der Waals surface area contributed by atoms with Crippen LogP contribution in [0.3, 0.4) is 0 Å². The van der Waals surface area contributed by atoms with Gasteiger partial charge in [-0.25, -0.2) is 0 Å². The first-order valence-corrected chi connectivity index (χ1v) is 7.06. The summed E-state index contributed by atoms with van der Waals surface area (Å²) < 4.78 is 11.2. The number of carbonyl (C=O) groups excluding carboxylic acids is 1. The number of carbonyl (C=O) groups is 1. The van der Waals surface area contributed by atoms with Crippen LogP contribution in [0.5, 0.6) is 11.5 Å². The fourth-order valence-corrected chi connectivity index (χ4v) is 2.37. The third-order valence-corrected chi connectivity index (χ3v) is 3.50. The summed E-state index contributed by atoms with van der Waals surface area (Å²) >= 11 is 3.40. The van der Waals surface area contributed by atoms with Gasteiger partial charge in [-0.2, -0.15) is 0 Å². The van der Waals surface area contributed by atoms with Crippen molar-refractivity contribution in [2.24, 2.45) is 0 Å². The number of ether oxygens (including phenoxy) is 2. The van der Waals surface area contributed by atoms with E-state index in [1.807, 2.05) is 6.92 Å². The molecule has 0 fully saturated rings. The van der Waals surface area contributed by atoms with Crippen molar-refractivity contribution in [3.63, 3.8) is 0 Å². The highest BCUT2D eigenvalue weighted by Gasteiger charge is 2.13. The van der Waals surface area contributed by atoms with Gasteiger partial charge in [-0.3, -0.25) is 4.79 Å². The summed E-state index contributed by atoms with van der Waals surface area (Å²) in [7, 11) is 1.59. The van der Waals surface area contributed by atoms with Crippen molar-refractivity contribution < 1.29 is 14.3 Å². The smallest absolute Gasteiger partial charge is 0.194 e. The summed E-state index contributed by atoms with van der Waals surface area (Å²) in [6.45, 7) is 2.53. The van der Waals surface area contributed by atoms with Crippen LogP contribution in [0, 0.1) is 0 Å². The van der Waals surface area contributed by atoms with Gasteiger partial charge < -0.3 is 9.47 Å². The van der Waals surface area contributed by atoms with Gasteiger partial charge >= 0.3 is 0 Å². The van der Waals surface area contributed by atoms with E-state index in [1.165, 1.54) is 0 Å². The van der Waals surface area contributed by atoms with Gasteiger partial charge in [0, 0.05) is 15.6 Å². The van der Waals surface area contributed by atoms with E-state index in [9.17, 15) is 4.79 Å². The molecule has 2 rings (SSSR count). The number of ketones is 1. The second-order valence-electron chi connectivity index (χ2n) is 4.13. The van der Waals surface area contributed by atoms with Crippen molar-refractivity contribution in [3.8, 4) is 11.5 Å². The predicted molar refractivity (Wildman–Crippen MR) is 81.7 cm³/mol. The fraction of sp³-hybridized carbons (Fsp3) is 0.188. The van der Waals surface area contributed by atoms with Gasteiger partial charge in [-0.05, 0) is 65.3 Å². The summed E-state index contributed by atoms with van der Waals surface area (Å²) in [6.07, 6.45) is 0. The van der Waals surface area contributed by atoms with Gasteiger partial charge in [-0.15, -0.1) is 0 Å². The lowest BCUT2D eigenvalue weighted by molar-refractivity contribution is 0.103. The molecule has 2 aromatic carbocycles. The van der Waals surface area contributed by atoms with Crippen LogP contribution in [0.15, 0.2) is 46.9 Å². The summed E-state index contributed by atoms with van der Waals surface area (Å²) in [4.78, 5) is 12.4. The number of rotatable bonds is 5. The number of hydrogen-bond donors (Lipinski definition) is 0. The molecule has 0 amide bonds. The van der Waals surface area contributed by atoms with Crippen molar-refractivity contribution in [1.29, 1.82) is 0 Å². The first kappa shape index (κ1) is 14.6. The minimum Gasteiger partial charge on any atom is -0.497 e. The van der Waals surface area contributed by atoms with Crippen molar-refractivity contribution in [2.45, 2.75) is 6.92 Å². The molecule has 0 heterocycles. The molecule has 0 saturated heterocycles. The zero-order valence-corrected chi connectivity index (χ0v) is 12.9. The molecular formula is C16H15BrO3. The minimum atomic E-state index is -0.0393. The molecule has 4 heteroatoms. The lowest BCUT2D eigenvalue weighted by Gasteiger charge is -2.07. The normalized spacial score (nSPS) is 10.2. The molecule has 2 aromatic rings. The van der Waals surface area contributed by atoms with E-state index >= 15 is 0 Å². The van der Waals surface area contributed by atoms with Crippen LogP contribution in [0.25, 0.3) is 0 Å². The standard InChI is InChI=1S/C16H15BrO3/c1-3-20-12-6-4-11(5-7-12)16(18)14-9-8-13(19-2)10-15(14)17/h4-10H,3H2,1-2H3. The molecule has 20 heavy (non-hydrogen) atoms. The number of methoxy groups -OCH3 is 1. The van der Waals surface area contributed by atoms with Gasteiger partial charge in [0.1, 0.15) is 11.5 Å². The number of hydrogen-bond acceptors (Lipinski definition) is 3. The summed E-state index contributed by atoms with van der Waals surface area (Å²) in [5, 5.41) is 0. The molecule has 0 aromatic heterocycles.